The van der Waals surface area contributed by atoms with Crippen LogP contribution in [0.1, 0.15) is 16.5 Å². The minimum absolute atomic E-state index is 0.160. The van der Waals surface area contributed by atoms with Crippen molar-refractivity contribution in [3.8, 4) is 5.75 Å². The van der Waals surface area contributed by atoms with Crippen molar-refractivity contribution < 1.29 is 4.74 Å². The highest BCUT2D eigenvalue weighted by atomic mass is 32.1. The number of anilines is 1. The molecule has 0 saturated carbocycles. The van der Waals surface area contributed by atoms with Crippen LogP contribution in [0.3, 0.4) is 0 Å². The van der Waals surface area contributed by atoms with Gasteiger partial charge >= 0.3 is 0 Å². The summed E-state index contributed by atoms with van der Waals surface area (Å²) in [6, 6.07) is 23.4. The Morgan fingerprint density at radius 3 is 2.53 bits per heavy atom. The summed E-state index contributed by atoms with van der Waals surface area (Å²) in [7, 11) is 2.19. The normalized spacial score (nSPS) is 16.0. The molecule has 1 atom stereocenters. The highest BCUT2D eigenvalue weighted by Gasteiger charge is 2.19. The Hall–Kier alpha value is -2.89. The third-order valence-corrected chi connectivity index (χ3v) is 6.56. The monoisotopic (exact) mass is 415 g/mol. The summed E-state index contributed by atoms with van der Waals surface area (Å²) in [5.74, 6) is 0.881. The number of nitrogens with zero attached hydrogens (tertiary/aromatic N) is 3. The summed E-state index contributed by atoms with van der Waals surface area (Å²) in [5, 5.41) is 2.49. The van der Waals surface area contributed by atoms with E-state index in [2.05, 4.69) is 82.5 Å². The molecule has 0 radical (unpaired) electrons. The number of ether oxygens (including phenoxy) is 1. The maximum Gasteiger partial charge on any atom is 0.159 e. The van der Waals surface area contributed by atoms with E-state index in [-0.39, 0.29) is 6.10 Å². The van der Waals surface area contributed by atoms with Gasteiger partial charge in [-0.15, -0.1) is 11.3 Å². The number of benzene rings is 3. The van der Waals surface area contributed by atoms with Crippen LogP contribution in [0.5, 0.6) is 5.75 Å². The zero-order valence-electron chi connectivity index (χ0n) is 17.1. The lowest BCUT2D eigenvalue weighted by atomic mass is 10.1. The van der Waals surface area contributed by atoms with Crippen LogP contribution in [0, 0.1) is 0 Å². The molecule has 2 heterocycles. The fourth-order valence-electron chi connectivity index (χ4n) is 4.04. The number of aromatic nitrogens is 1. The van der Waals surface area contributed by atoms with Crippen LogP contribution in [0.15, 0.2) is 78.4 Å². The van der Waals surface area contributed by atoms with Gasteiger partial charge in [0.15, 0.2) is 6.10 Å². The van der Waals surface area contributed by atoms with Gasteiger partial charge in [-0.05, 0) is 36.2 Å². The summed E-state index contributed by atoms with van der Waals surface area (Å²) in [4.78, 5) is 10.2. The van der Waals surface area contributed by atoms with Gasteiger partial charge in [0.25, 0.3) is 0 Å². The van der Waals surface area contributed by atoms with Gasteiger partial charge in [-0.25, -0.2) is 0 Å². The minimum Gasteiger partial charge on any atom is -0.480 e. The smallest absolute Gasteiger partial charge is 0.159 e. The van der Waals surface area contributed by atoms with Gasteiger partial charge in [0.2, 0.25) is 0 Å². The second-order valence-corrected chi connectivity index (χ2v) is 8.68. The van der Waals surface area contributed by atoms with Crippen LogP contribution in [0.2, 0.25) is 0 Å². The van der Waals surface area contributed by atoms with Gasteiger partial charge in [-0.3, -0.25) is 4.98 Å². The van der Waals surface area contributed by atoms with Gasteiger partial charge in [-0.1, -0.05) is 48.5 Å². The quantitative estimate of drug-likeness (QED) is 0.447. The maximum atomic E-state index is 6.56. The topological polar surface area (TPSA) is 28.6 Å². The van der Waals surface area contributed by atoms with Gasteiger partial charge < -0.3 is 14.5 Å². The largest absolute Gasteiger partial charge is 0.480 e. The first-order valence-corrected chi connectivity index (χ1v) is 11.2. The van der Waals surface area contributed by atoms with E-state index in [1.165, 1.54) is 16.5 Å². The molecule has 30 heavy (non-hydrogen) atoms. The summed E-state index contributed by atoms with van der Waals surface area (Å²) in [5.41, 5.74) is 4.29. The Morgan fingerprint density at radius 2 is 1.77 bits per heavy atom. The molecule has 3 aromatic carbocycles. The van der Waals surface area contributed by atoms with Crippen LogP contribution in [0.25, 0.3) is 10.8 Å². The van der Waals surface area contributed by atoms with E-state index in [0.717, 1.165) is 42.4 Å². The standard InChI is InChI=1S/C25H25N3OS/c1-27-12-14-28(15-13-27)23-9-5-8-19-10-11-21(16-22(19)23)29-25(24-17-26-18-30-24)20-6-3-2-4-7-20/h2-11,16-18,25H,12-15H2,1H3. The Morgan fingerprint density at radius 1 is 0.933 bits per heavy atom. The first kappa shape index (κ1) is 19.1. The van der Waals surface area contributed by atoms with Gasteiger partial charge in [0.05, 0.1) is 10.4 Å². The number of rotatable bonds is 5. The van der Waals surface area contributed by atoms with Crippen LogP contribution >= 0.6 is 11.3 Å². The van der Waals surface area contributed by atoms with Crippen LogP contribution in [0.4, 0.5) is 5.69 Å². The maximum absolute atomic E-state index is 6.56. The summed E-state index contributed by atoms with van der Waals surface area (Å²) >= 11 is 1.63. The molecule has 1 unspecified atom stereocenters. The molecule has 4 nitrogen and oxygen atoms in total. The van der Waals surface area contributed by atoms with Crippen molar-refractivity contribution in [3.63, 3.8) is 0 Å². The minimum atomic E-state index is -0.160. The number of piperazine rings is 1. The molecule has 0 amide bonds. The fraction of sp³-hybridized carbons (Fsp3) is 0.240. The molecule has 1 saturated heterocycles. The van der Waals surface area contributed by atoms with Crippen LogP contribution < -0.4 is 9.64 Å². The summed E-state index contributed by atoms with van der Waals surface area (Å²) < 4.78 is 6.56. The third kappa shape index (κ3) is 3.91. The number of hydrogen-bond acceptors (Lipinski definition) is 5. The number of likely N-dealkylation sites (N-methyl/N-ethyl adjacent to an activating group) is 1. The van der Waals surface area contributed by atoms with Gasteiger partial charge in [0.1, 0.15) is 5.75 Å². The summed E-state index contributed by atoms with van der Waals surface area (Å²) in [6.07, 6.45) is 1.74. The van der Waals surface area contributed by atoms with E-state index in [1.54, 1.807) is 11.3 Å². The molecule has 0 aliphatic carbocycles. The van der Waals surface area contributed by atoms with Crippen LogP contribution in [-0.4, -0.2) is 43.1 Å². The van der Waals surface area contributed by atoms with Crippen molar-refractivity contribution in [2.75, 3.05) is 38.1 Å². The first-order chi connectivity index (χ1) is 14.8. The van der Waals surface area contributed by atoms with Crippen molar-refractivity contribution in [3.05, 3.63) is 88.9 Å². The highest BCUT2D eigenvalue weighted by molar-refractivity contribution is 7.09. The second kappa shape index (κ2) is 8.46. The molecule has 4 aromatic rings. The Kier molecular flexibility index (Phi) is 5.39. The molecular formula is C25H25N3OS. The molecule has 152 valence electrons. The number of thiazole rings is 1. The fourth-order valence-corrected chi connectivity index (χ4v) is 4.71. The molecule has 0 N–H and O–H groups in total. The van der Waals surface area contributed by atoms with E-state index < -0.39 is 0 Å². The van der Waals surface area contributed by atoms with Crippen molar-refractivity contribution in [2.45, 2.75) is 6.10 Å². The van der Waals surface area contributed by atoms with E-state index in [4.69, 9.17) is 4.74 Å². The number of hydrogen-bond donors (Lipinski definition) is 0. The SMILES string of the molecule is CN1CCN(c2cccc3ccc(OC(c4ccccc4)c4cncs4)cc23)CC1. The molecule has 5 rings (SSSR count). The molecule has 1 aliphatic rings. The molecule has 1 aromatic heterocycles. The third-order valence-electron chi connectivity index (χ3n) is 5.74. The molecule has 0 spiro atoms. The molecule has 1 fully saturated rings. The average molecular weight is 416 g/mol. The number of fused-ring (bicyclic) bond motifs is 1. The second-order valence-electron chi connectivity index (χ2n) is 7.76. The lowest BCUT2D eigenvalue weighted by Gasteiger charge is -2.34. The zero-order chi connectivity index (χ0) is 20.3. The van der Waals surface area contributed by atoms with Crippen LogP contribution in [-0.2, 0) is 0 Å². The van der Waals surface area contributed by atoms with E-state index >= 15 is 0 Å². The molecule has 1 aliphatic heterocycles. The Labute approximate surface area is 181 Å². The average Bonchev–Trinajstić information content (AvgIpc) is 3.33. The van der Waals surface area contributed by atoms with Gasteiger partial charge in [-0.2, -0.15) is 0 Å². The highest BCUT2D eigenvalue weighted by Crippen LogP contribution is 2.35. The van der Waals surface area contributed by atoms with Crippen molar-refractivity contribution in [2.24, 2.45) is 0 Å². The van der Waals surface area contributed by atoms with Gasteiger partial charge in [0, 0.05) is 43.4 Å². The lowest BCUT2D eigenvalue weighted by Crippen LogP contribution is -2.44. The first-order valence-electron chi connectivity index (χ1n) is 10.3. The molecule has 5 heteroatoms. The lowest BCUT2D eigenvalue weighted by molar-refractivity contribution is 0.251. The predicted octanol–water partition coefficient (Wildman–Crippen LogP) is 5.22. The van der Waals surface area contributed by atoms with Crippen molar-refractivity contribution >= 4 is 27.8 Å². The zero-order valence-corrected chi connectivity index (χ0v) is 17.9. The van der Waals surface area contributed by atoms with E-state index in [1.807, 2.05) is 17.8 Å². The summed E-state index contributed by atoms with van der Waals surface area (Å²) in [6.45, 7) is 4.28. The predicted molar refractivity (Wildman–Crippen MR) is 125 cm³/mol. The van der Waals surface area contributed by atoms with E-state index in [9.17, 15) is 0 Å². The van der Waals surface area contributed by atoms with E-state index in [0.29, 0.717) is 0 Å². The Balaban J connectivity index is 1.50. The Bertz CT molecular complexity index is 1110. The molecular weight excluding hydrogens is 390 g/mol. The molecule has 0 bridgehead atoms. The van der Waals surface area contributed by atoms with Crippen molar-refractivity contribution in [1.29, 1.82) is 0 Å². The van der Waals surface area contributed by atoms with Crippen molar-refractivity contribution in [1.82, 2.24) is 9.88 Å².